The topological polar surface area (TPSA) is 50.1 Å². The second-order valence-electron chi connectivity index (χ2n) is 5.09. The molecule has 0 aliphatic rings. The molecule has 0 spiro atoms. The molecule has 0 bridgehead atoms. The van der Waals surface area contributed by atoms with Crippen molar-refractivity contribution in [2.45, 2.75) is 39.9 Å². The summed E-state index contributed by atoms with van der Waals surface area (Å²) in [5.41, 5.74) is 3.05. The fourth-order valence-corrected chi connectivity index (χ4v) is 2.19. The van der Waals surface area contributed by atoms with Crippen LogP contribution in [0.5, 0.6) is 5.75 Å². The molecule has 4 heteroatoms. The first kappa shape index (κ1) is 13.6. The van der Waals surface area contributed by atoms with Crippen molar-refractivity contribution in [2.75, 3.05) is 0 Å². The van der Waals surface area contributed by atoms with E-state index in [0.717, 1.165) is 24.2 Å². The molecule has 1 atom stereocenters. The van der Waals surface area contributed by atoms with Gasteiger partial charge < -0.3 is 10.4 Å². The van der Waals surface area contributed by atoms with Gasteiger partial charge in [0.2, 0.25) is 0 Å². The van der Waals surface area contributed by atoms with Crippen molar-refractivity contribution in [3.05, 3.63) is 47.3 Å². The minimum atomic E-state index is 0.342. The number of nitrogens with one attached hydrogen (secondary N) is 1. The van der Waals surface area contributed by atoms with Gasteiger partial charge in [0.1, 0.15) is 5.75 Å². The van der Waals surface area contributed by atoms with Crippen molar-refractivity contribution >= 4 is 0 Å². The summed E-state index contributed by atoms with van der Waals surface area (Å²) in [5.74, 6) is 0.397. The van der Waals surface area contributed by atoms with E-state index in [1.165, 1.54) is 5.56 Å². The zero-order valence-corrected chi connectivity index (χ0v) is 11.7. The Morgan fingerprint density at radius 2 is 2.00 bits per heavy atom. The lowest BCUT2D eigenvalue weighted by atomic mass is 10.1. The van der Waals surface area contributed by atoms with Gasteiger partial charge in [0.15, 0.2) is 0 Å². The number of hydrogen-bond acceptors (Lipinski definition) is 3. The molecule has 0 fully saturated rings. The minimum Gasteiger partial charge on any atom is -0.507 e. The quantitative estimate of drug-likeness (QED) is 0.866. The molecular formula is C15H21N3O. The van der Waals surface area contributed by atoms with Crippen molar-refractivity contribution in [1.82, 2.24) is 15.1 Å². The molecule has 0 saturated carbocycles. The van der Waals surface area contributed by atoms with Gasteiger partial charge in [0.25, 0.3) is 0 Å². The lowest BCUT2D eigenvalue weighted by molar-refractivity contribution is 0.449. The largest absolute Gasteiger partial charge is 0.507 e. The van der Waals surface area contributed by atoms with Crippen LogP contribution < -0.4 is 5.32 Å². The van der Waals surface area contributed by atoms with Crippen LogP contribution in [0.2, 0.25) is 0 Å². The third kappa shape index (κ3) is 3.58. The highest BCUT2D eigenvalue weighted by Crippen LogP contribution is 2.22. The number of aryl methyl sites for hydroxylation is 2. The molecule has 19 heavy (non-hydrogen) atoms. The smallest absolute Gasteiger partial charge is 0.121 e. The van der Waals surface area contributed by atoms with E-state index in [2.05, 4.69) is 17.3 Å². The summed E-state index contributed by atoms with van der Waals surface area (Å²) < 4.78 is 1.92. The number of aromatic hydroxyl groups is 1. The number of nitrogens with zero attached hydrogens (tertiary/aromatic N) is 2. The van der Waals surface area contributed by atoms with E-state index < -0.39 is 0 Å². The maximum absolute atomic E-state index is 9.75. The molecule has 102 valence electrons. The van der Waals surface area contributed by atoms with E-state index in [1.54, 1.807) is 6.20 Å². The Kier molecular flexibility index (Phi) is 4.22. The van der Waals surface area contributed by atoms with Crippen molar-refractivity contribution < 1.29 is 5.11 Å². The molecule has 2 rings (SSSR count). The zero-order chi connectivity index (χ0) is 13.8. The average molecular weight is 259 g/mol. The van der Waals surface area contributed by atoms with Gasteiger partial charge in [-0.3, -0.25) is 4.68 Å². The normalized spacial score (nSPS) is 12.6. The van der Waals surface area contributed by atoms with E-state index >= 15 is 0 Å². The fraction of sp³-hybridized carbons (Fsp3) is 0.400. The van der Waals surface area contributed by atoms with Crippen LogP contribution in [0, 0.1) is 13.8 Å². The summed E-state index contributed by atoms with van der Waals surface area (Å²) in [7, 11) is 0. The van der Waals surface area contributed by atoms with Gasteiger partial charge in [-0.15, -0.1) is 0 Å². The summed E-state index contributed by atoms with van der Waals surface area (Å²) >= 11 is 0. The lowest BCUT2D eigenvalue weighted by Crippen LogP contribution is -2.30. The van der Waals surface area contributed by atoms with Gasteiger partial charge in [0.05, 0.1) is 6.54 Å². The summed E-state index contributed by atoms with van der Waals surface area (Å²) in [6, 6.07) is 6.32. The molecule has 4 nitrogen and oxygen atoms in total. The highest BCUT2D eigenvalue weighted by atomic mass is 16.3. The second-order valence-corrected chi connectivity index (χ2v) is 5.09. The van der Waals surface area contributed by atoms with Crippen LogP contribution in [-0.2, 0) is 13.1 Å². The summed E-state index contributed by atoms with van der Waals surface area (Å²) in [6.45, 7) is 7.65. The van der Waals surface area contributed by atoms with Crippen LogP contribution in [0.1, 0.15) is 23.6 Å². The monoisotopic (exact) mass is 259 g/mol. The molecule has 2 N–H and O–H groups in total. The zero-order valence-electron chi connectivity index (χ0n) is 11.7. The third-order valence-corrected chi connectivity index (χ3v) is 3.23. The van der Waals surface area contributed by atoms with Crippen LogP contribution in [0.25, 0.3) is 0 Å². The van der Waals surface area contributed by atoms with E-state index in [4.69, 9.17) is 0 Å². The maximum Gasteiger partial charge on any atom is 0.121 e. The van der Waals surface area contributed by atoms with Gasteiger partial charge >= 0.3 is 0 Å². The van der Waals surface area contributed by atoms with Crippen LogP contribution in [0.15, 0.2) is 30.6 Å². The first-order valence-corrected chi connectivity index (χ1v) is 6.56. The molecule has 1 unspecified atom stereocenters. The van der Waals surface area contributed by atoms with Crippen molar-refractivity contribution in [2.24, 2.45) is 0 Å². The number of hydrogen-bond donors (Lipinski definition) is 2. The second kappa shape index (κ2) is 5.89. The number of aromatic nitrogens is 2. The highest BCUT2D eigenvalue weighted by Gasteiger charge is 2.06. The van der Waals surface area contributed by atoms with Gasteiger partial charge in [-0.25, -0.2) is 0 Å². The van der Waals surface area contributed by atoms with E-state index in [1.807, 2.05) is 42.9 Å². The number of benzene rings is 1. The Morgan fingerprint density at radius 1 is 1.32 bits per heavy atom. The molecule has 2 aromatic rings. The Bertz CT molecular complexity index is 511. The van der Waals surface area contributed by atoms with Gasteiger partial charge in [-0.1, -0.05) is 12.1 Å². The van der Waals surface area contributed by atoms with Crippen molar-refractivity contribution in [1.29, 1.82) is 0 Å². The molecular weight excluding hydrogens is 238 g/mol. The number of phenols is 1. The molecule has 0 saturated heterocycles. The first-order chi connectivity index (χ1) is 9.06. The fourth-order valence-electron chi connectivity index (χ4n) is 2.19. The van der Waals surface area contributed by atoms with Crippen LogP contribution >= 0.6 is 0 Å². The van der Waals surface area contributed by atoms with E-state index in [-0.39, 0.29) is 0 Å². The molecule has 1 aromatic carbocycles. The predicted molar refractivity (Wildman–Crippen MR) is 76.1 cm³/mol. The van der Waals surface area contributed by atoms with Gasteiger partial charge in [-0.2, -0.15) is 5.10 Å². The third-order valence-electron chi connectivity index (χ3n) is 3.23. The maximum atomic E-state index is 9.75. The van der Waals surface area contributed by atoms with Gasteiger partial charge in [0, 0.05) is 25.0 Å². The first-order valence-electron chi connectivity index (χ1n) is 6.56. The Hall–Kier alpha value is -1.81. The SMILES string of the molecule is Cc1cc(CNC(C)Cn2cccn2)cc(C)c1O. The van der Waals surface area contributed by atoms with Crippen LogP contribution in [0.4, 0.5) is 0 Å². The van der Waals surface area contributed by atoms with Crippen molar-refractivity contribution in [3.63, 3.8) is 0 Å². The van der Waals surface area contributed by atoms with E-state index in [0.29, 0.717) is 11.8 Å². The molecule has 0 aliphatic carbocycles. The Labute approximate surface area is 114 Å². The van der Waals surface area contributed by atoms with Crippen LogP contribution in [-0.4, -0.2) is 20.9 Å². The van der Waals surface area contributed by atoms with Gasteiger partial charge in [-0.05, 0) is 43.5 Å². The predicted octanol–water partition coefficient (Wildman–Crippen LogP) is 2.38. The average Bonchev–Trinajstić information content (AvgIpc) is 2.86. The Morgan fingerprint density at radius 3 is 2.58 bits per heavy atom. The molecule has 0 radical (unpaired) electrons. The molecule has 0 amide bonds. The summed E-state index contributed by atoms with van der Waals surface area (Å²) in [6.07, 6.45) is 3.76. The summed E-state index contributed by atoms with van der Waals surface area (Å²) in [5, 5.41) is 17.4. The molecule has 1 heterocycles. The lowest BCUT2D eigenvalue weighted by Gasteiger charge is -2.15. The summed E-state index contributed by atoms with van der Waals surface area (Å²) in [4.78, 5) is 0. The van der Waals surface area contributed by atoms with E-state index in [9.17, 15) is 5.11 Å². The minimum absolute atomic E-state index is 0.342. The standard InChI is InChI=1S/C15H21N3O/c1-11-7-14(8-12(2)15(11)19)9-16-13(3)10-18-6-4-5-17-18/h4-8,13,16,19H,9-10H2,1-3H3. The molecule has 1 aromatic heterocycles. The highest BCUT2D eigenvalue weighted by molar-refractivity contribution is 5.42. The molecule has 0 aliphatic heterocycles. The Balaban J connectivity index is 1.91. The number of phenolic OH excluding ortho intramolecular Hbond substituents is 1. The van der Waals surface area contributed by atoms with Crippen LogP contribution in [0.3, 0.4) is 0 Å². The van der Waals surface area contributed by atoms with Crippen molar-refractivity contribution in [3.8, 4) is 5.75 Å². The number of rotatable bonds is 5.